The van der Waals surface area contributed by atoms with Gasteiger partial charge in [-0.1, -0.05) is 6.07 Å². The Balaban J connectivity index is 2.60. The fourth-order valence-corrected chi connectivity index (χ4v) is 2.24. The highest BCUT2D eigenvalue weighted by molar-refractivity contribution is 5.69. The van der Waals surface area contributed by atoms with E-state index in [1.165, 1.54) is 23.9 Å². The van der Waals surface area contributed by atoms with Gasteiger partial charge in [0.15, 0.2) is 0 Å². The highest BCUT2D eigenvalue weighted by Gasteiger charge is 2.26. The van der Waals surface area contributed by atoms with Crippen molar-refractivity contribution in [1.29, 1.82) is 0 Å². The summed E-state index contributed by atoms with van der Waals surface area (Å²) in [6.45, 7) is 1.63. The molecule has 1 amide bonds. The second kappa shape index (κ2) is 6.03. The van der Waals surface area contributed by atoms with Crippen molar-refractivity contribution in [3.05, 3.63) is 45.9 Å². The van der Waals surface area contributed by atoms with Gasteiger partial charge < -0.3 is 10.0 Å². The molecule has 0 aliphatic rings. The van der Waals surface area contributed by atoms with E-state index in [-0.39, 0.29) is 11.3 Å². The molecule has 0 spiro atoms. The van der Waals surface area contributed by atoms with Crippen molar-refractivity contribution in [2.45, 2.75) is 13.0 Å². The maximum absolute atomic E-state index is 14.4. The van der Waals surface area contributed by atoms with Gasteiger partial charge in [0.05, 0.1) is 11.0 Å². The molecule has 0 radical (unpaired) electrons. The second-order valence-corrected chi connectivity index (χ2v) is 5.07. The van der Waals surface area contributed by atoms with Gasteiger partial charge in [0.25, 0.3) is 0 Å². The number of carbonyl (C=O) groups is 1. The number of hydrogen-bond acceptors (Lipinski definition) is 4. The second-order valence-electron chi connectivity index (χ2n) is 5.07. The van der Waals surface area contributed by atoms with Crippen LogP contribution in [0.25, 0.3) is 11.3 Å². The van der Waals surface area contributed by atoms with Crippen LogP contribution in [0.2, 0.25) is 0 Å². The molecule has 0 aliphatic heterocycles. The molecule has 1 aromatic carbocycles. The summed E-state index contributed by atoms with van der Waals surface area (Å²) in [6.07, 6.45) is 0.421. The van der Waals surface area contributed by atoms with Gasteiger partial charge in [-0.05, 0) is 13.0 Å². The number of halogens is 1. The normalized spacial score (nSPS) is 12.0. The molecule has 1 atom stereocenters. The molecule has 0 saturated carbocycles. The molecule has 122 valence electrons. The molecular formula is C14H15FN4O4. The quantitative estimate of drug-likeness (QED) is 0.689. The van der Waals surface area contributed by atoms with Gasteiger partial charge in [-0.15, -0.1) is 0 Å². The molecule has 0 aliphatic carbocycles. The van der Waals surface area contributed by atoms with Crippen molar-refractivity contribution in [2.75, 3.05) is 7.05 Å². The number of aryl methyl sites for hydroxylation is 1. The van der Waals surface area contributed by atoms with Gasteiger partial charge in [0, 0.05) is 37.5 Å². The standard InChI is InChI=1S/C14H15FN4O4/c1-8(18(3)14(20)21)10-7-17(2)16-13(10)9-5-4-6-11(12(9)15)19(22)23/h4-8H,1-3H3,(H,20,21). The summed E-state index contributed by atoms with van der Waals surface area (Å²) in [7, 11) is 2.99. The number of nitro groups is 1. The average Bonchev–Trinajstić information content (AvgIpc) is 2.87. The summed E-state index contributed by atoms with van der Waals surface area (Å²) in [4.78, 5) is 22.2. The smallest absolute Gasteiger partial charge is 0.407 e. The number of rotatable bonds is 4. The fourth-order valence-electron chi connectivity index (χ4n) is 2.24. The minimum atomic E-state index is -1.15. The van der Waals surface area contributed by atoms with Crippen LogP contribution in [0.4, 0.5) is 14.9 Å². The van der Waals surface area contributed by atoms with Crippen LogP contribution in [-0.2, 0) is 7.05 Å². The molecule has 1 N–H and O–H groups in total. The summed E-state index contributed by atoms with van der Waals surface area (Å²) in [5.41, 5.74) is -0.0649. The Morgan fingerprint density at radius 2 is 2.17 bits per heavy atom. The van der Waals surface area contributed by atoms with Gasteiger partial charge in [0.2, 0.25) is 5.82 Å². The number of carboxylic acid groups (broad SMARTS) is 1. The van der Waals surface area contributed by atoms with E-state index in [1.807, 2.05) is 0 Å². The Hall–Kier alpha value is -2.97. The first-order chi connectivity index (χ1) is 10.7. The van der Waals surface area contributed by atoms with E-state index in [2.05, 4.69) is 5.10 Å². The Morgan fingerprint density at radius 3 is 2.74 bits per heavy atom. The lowest BCUT2D eigenvalue weighted by Crippen LogP contribution is -2.28. The zero-order valence-electron chi connectivity index (χ0n) is 12.7. The molecule has 0 bridgehead atoms. The highest BCUT2D eigenvalue weighted by Crippen LogP contribution is 2.34. The Kier molecular flexibility index (Phi) is 4.30. The molecule has 23 heavy (non-hydrogen) atoms. The van der Waals surface area contributed by atoms with Gasteiger partial charge in [-0.2, -0.15) is 9.49 Å². The molecule has 8 nitrogen and oxygen atoms in total. The van der Waals surface area contributed by atoms with Crippen LogP contribution >= 0.6 is 0 Å². The van der Waals surface area contributed by atoms with Crippen LogP contribution in [0.1, 0.15) is 18.5 Å². The van der Waals surface area contributed by atoms with Gasteiger partial charge >= 0.3 is 11.8 Å². The van der Waals surface area contributed by atoms with E-state index in [9.17, 15) is 19.3 Å². The van der Waals surface area contributed by atoms with Crippen molar-refractivity contribution >= 4 is 11.8 Å². The van der Waals surface area contributed by atoms with E-state index < -0.39 is 28.6 Å². The Labute approximate surface area is 130 Å². The molecule has 1 aromatic heterocycles. The SMILES string of the molecule is CC(c1cn(C)nc1-c1cccc([N+](=O)[O-])c1F)N(C)C(=O)O. The van der Waals surface area contributed by atoms with Crippen LogP contribution in [0.5, 0.6) is 0 Å². The topological polar surface area (TPSA) is 101 Å². The van der Waals surface area contributed by atoms with Crippen molar-refractivity contribution in [1.82, 2.24) is 14.7 Å². The predicted octanol–water partition coefficient (Wildman–Crippen LogP) is 2.81. The predicted molar refractivity (Wildman–Crippen MR) is 79.5 cm³/mol. The summed E-state index contributed by atoms with van der Waals surface area (Å²) >= 11 is 0. The molecule has 0 fully saturated rings. The van der Waals surface area contributed by atoms with Crippen LogP contribution in [-0.4, -0.2) is 37.9 Å². The van der Waals surface area contributed by atoms with E-state index in [1.54, 1.807) is 20.2 Å². The molecule has 2 aromatic rings. The maximum Gasteiger partial charge on any atom is 0.407 e. The van der Waals surface area contributed by atoms with Crippen LogP contribution in [0.3, 0.4) is 0 Å². The van der Waals surface area contributed by atoms with E-state index in [0.29, 0.717) is 5.56 Å². The zero-order valence-corrected chi connectivity index (χ0v) is 12.7. The van der Waals surface area contributed by atoms with Crippen molar-refractivity contribution in [3.63, 3.8) is 0 Å². The highest BCUT2D eigenvalue weighted by atomic mass is 19.1. The maximum atomic E-state index is 14.4. The van der Waals surface area contributed by atoms with Gasteiger partial charge in [0.1, 0.15) is 5.69 Å². The third kappa shape index (κ3) is 2.98. The van der Waals surface area contributed by atoms with E-state index in [4.69, 9.17) is 5.11 Å². The first-order valence-electron chi connectivity index (χ1n) is 6.66. The molecule has 0 saturated heterocycles. The largest absolute Gasteiger partial charge is 0.465 e. The van der Waals surface area contributed by atoms with Gasteiger partial charge in [-0.25, -0.2) is 4.79 Å². The third-order valence-electron chi connectivity index (χ3n) is 3.62. The van der Waals surface area contributed by atoms with Crippen molar-refractivity contribution in [3.8, 4) is 11.3 Å². The number of benzene rings is 1. The van der Waals surface area contributed by atoms with E-state index in [0.717, 1.165) is 11.0 Å². The minimum Gasteiger partial charge on any atom is -0.465 e. The van der Waals surface area contributed by atoms with Crippen molar-refractivity contribution < 1.29 is 19.2 Å². The van der Waals surface area contributed by atoms with Crippen LogP contribution in [0.15, 0.2) is 24.4 Å². The number of aromatic nitrogens is 2. The summed E-state index contributed by atoms with van der Waals surface area (Å²) in [6, 6.07) is 3.20. The monoisotopic (exact) mass is 322 g/mol. The first-order valence-corrected chi connectivity index (χ1v) is 6.66. The molecule has 9 heteroatoms. The Morgan fingerprint density at radius 1 is 1.52 bits per heavy atom. The molecule has 1 heterocycles. The lowest BCUT2D eigenvalue weighted by atomic mass is 10.0. The van der Waals surface area contributed by atoms with E-state index >= 15 is 0 Å². The molecular weight excluding hydrogens is 307 g/mol. The lowest BCUT2D eigenvalue weighted by molar-refractivity contribution is -0.387. The number of amides is 1. The molecule has 1 unspecified atom stereocenters. The lowest BCUT2D eigenvalue weighted by Gasteiger charge is -2.21. The number of hydrogen-bond donors (Lipinski definition) is 1. The third-order valence-corrected chi connectivity index (χ3v) is 3.62. The fraction of sp³-hybridized carbons (Fsp3) is 0.286. The summed E-state index contributed by atoms with van der Waals surface area (Å²) < 4.78 is 15.8. The first kappa shape index (κ1) is 16.4. The van der Waals surface area contributed by atoms with Crippen LogP contribution < -0.4 is 0 Å². The van der Waals surface area contributed by atoms with Gasteiger partial charge in [-0.3, -0.25) is 14.8 Å². The summed E-state index contributed by atoms with van der Waals surface area (Å²) in [5.74, 6) is -0.998. The van der Waals surface area contributed by atoms with Crippen molar-refractivity contribution in [2.24, 2.45) is 7.05 Å². The number of nitrogens with zero attached hydrogens (tertiary/aromatic N) is 4. The molecule has 2 rings (SSSR count). The summed E-state index contributed by atoms with van der Waals surface area (Å²) in [5, 5.41) is 24.1. The Bertz CT molecular complexity index is 774. The number of nitro benzene ring substituents is 1. The zero-order chi connectivity index (χ0) is 17.3. The minimum absolute atomic E-state index is 0.0413. The van der Waals surface area contributed by atoms with Crippen LogP contribution in [0, 0.1) is 15.9 Å². The average molecular weight is 322 g/mol.